The summed E-state index contributed by atoms with van der Waals surface area (Å²) in [5.74, 6) is -0.872. The fourth-order valence-electron chi connectivity index (χ4n) is 4.41. The van der Waals surface area contributed by atoms with Gasteiger partial charge in [-0.15, -0.1) is 0 Å². The number of likely N-dealkylation sites (tertiary alicyclic amines) is 1. The molecule has 0 saturated carbocycles. The molecule has 0 aliphatic carbocycles. The summed E-state index contributed by atoms with van der Waals surface area (Å²) in [4.78, 5) is 30.1. The quantitative estimate of drug-likeness (QED) is 0.244. The predicted octanol–water partition coefficient (Wildman–Crippen LogP) is 4.05. The van der Waals surface area contributed by atoms with Crippen LogP contribution in [0.25, 0.3) is 5.76 Å². The number of rotatable bonds is 9. The zero-order valence-corrected chi connectivity index (χ0v) is 20.2. The van der Waals surface area contributed by atoms with Crippen molar-refractivity contribution < 1.29 is 24.2 Å². The Morgan fingerprint density at radius 2 is 1.77 bits per heavy atom. The van der Waals surface area contributed by atoms with Crippen molar-refractivity contribution in [3.05, 3.63) is 82.9 Å². The van der Waals surface area contributed by atoms with Crippen LogP contribution < -0.4 is 4.74 Å². The SMILES string of the molecule is C=CCOc1ccc([C@@H]2/C(=C(\O)c3ccc(Cl)cc3)C(=O)C(=O)N2CCCN2CCOCC2)cc1. The first-order chi connectivity index (χ1) is 17.0. The minimum atomic E-state index is -0.705. The normalized spacial score (nSPS) is 20.3. The Hall–Kier alpha value is -3.13. The van der Waals surface area contributed by atoms with Crippen molar-refractivity contribution in [2.45, 2.75) is 12.5 Å². The van der Waals surface area contributed by atoms with E-state index in [1.807, 2.05) is 12.1 Å². The number of carbonyl (C=O) groups excluding carboxylic acids is 2. The number of aliphatic hydroxyl groups excluding tert-OH is 1. The molecule has 2 saturated heterocycles. The number of amides is 1. The van der Waals surface area contributed by atoms with Crippen molar-refractivity contribution in [2.24, 2.45) is 0 Å². The first-order valence-electron chi connectivity index (χ1n) is 11.7. The van der Waals surface area contributed by atoms with E-state index >= 15 is 0 Å². The lowest BCUT2D eigenvalue weighted by molar-refractivity contribution is -0.140. The van der Waals surface area contributed by atoms with E-state index in [9.17, 15) is 14.7 Å². The van der Waals surface area contributed by atoms with Gasteiger partial charge < -0.3 is 19.5 Å². The van der Waals surface area contributed by atoms with Crippen molar-refractivity contribution in [1.82, 2.24) is 9.80 Å². The molecule has 184 valence electrons. The molecule has 1 atom stereocenters. The van der Waals surface area contributed by atoms with Gasteiger partial charge in [0.25, 0.3) is 11.7 Å². The van der Waals surface area contributed by atoms with E-state index in [-0.39, 0.29) is 11.3 Å². The van der Waals surface area contributed by atoms with Gasteiger partial charge in [0.15, 0.2) is 0 Å². The molecule has 2 aliphatic rings. The first-order valence-corrected chi connectivity index (χ1v) is 12.1. The molecule has 2 aromatic carbocycles. The van der Waals surface area contributed by atoms with Crippen LogP contribution in [0.15, 0.2) is 66.8 Å². The summed E-state index contributed by atoms with van der Waals surface area (Å²) in [6, 6.07) is 13.0. The zero-order chi connectivity index (χ0) is 24.8. The summed E-state index contributed by atoms with van der Waals surface area (Å²) in [5, 5.41) is 11.6. The maximum atomic E-state index is 13.2. The van der Waals surface area contributed by atoms with E-state index in [1.54, 1.807) is 47.4 Å². The summed E-state index contributed by atoms with van der Waals surface area (Å²) in [6.45, 7) is 8.31. The van der Waals surface area contributed by atoms with E-state index in [1.165, 1.54) is 0 Å². The molecule has 2 fully saturated rings. The smallest absolute Gasteiger partial charge is 0.295 e. The van der Waals surface area contributed by atoms with Gasteiger partial charge >= 0.3 is 0 Å². The van der Waals surface area contributed by atoms with Gasteiger partial charge in [-0.1, -0.05) is 36.4 Å². The Labute approximate surface area is 210 Å². The Kier molecular flexibility index (Phi) is 8.23. The number of halogens is 1. The van der Waals surface area contributed by atoms with Crippen LogP contribution in [0, 0.1) is 0 Å². The van der Waals surface area contributed by atoms with Crippen molar-refractivity contribution in [1.29, 1.82) is 0 Å². The van der Waals surface area contributed by atoms with Crippen LogP contribution in [-0.4, -0.2) is 72.6 Å². The summed E-state index contributed by atoms with van der Waals surface area (Å²) >= 11 is 5.99. The molecule has 1 amide bonds. The molecule has 0 aromatic heterocycles. The van der Waals surface area contributed by atoms with E-state index in [0.717, 1.165) is 25.2 Å². The van der Waals surface area contributed by atoms with E-state index in [0.29, 0.717) is 49.1 Å². The molecule has 0 bridgehead atoms. The van der Waals surface area contributed by atoms with Crippen molar-refractivity contribution >= 4 is 29.1 Å². The average molecular weight is 497 g/mol. The maximum Gasteiger partial charge on any atom is 0.295 e. The standard InChI is InChI=1S/C27H29ClN2O5/c1-2-16-35-22-10-6-19(7-11-22)24-23(25(31)20-4-8-21(28)9-5-20)26(32)27(33)30(24)13-3-12-29-14-17-34-18-15-29/h2,4-11,24,31H,1,3,12-18H2/b25-23+/t24-/m1/s1. The lowest BCUT2D eigenvalue weighted by atomic mass is 9.95. The van der Waals surface area contributed by atoms with E-state index in [4.69, 9.17) is 21.1 Å². The maximum absolute atomic E-state index is 13.2. The molecule has 0 unspecified atom stereocenters. The van der Waals surface area contributed by atoms with Gasteiger partial charge in [-0.05, 0) is 48.4 Å². The summed E-state index contributed by atoms with van der Waals surface area (Å²) < 4.78 is 11.0. The fraction of sp³-hybridized carbons (Fsp3) is 0.333. The molecular formula is C27H29ClN2O5. The minimum Gasteiger partial charge on any atom is -0.507 e. The third-order valence-electron chi connectivity index (χ3n) is 6.20. The van der Waals surface area contributed by atoms with Gasteiger partial charge in [0, 0.05) is 36.8 Å². The number of hydrogen-bond donors (Lipinski definition) is 1. The summed E-state index contributed by atoms with van der Waals surface area (Å²) in [6.07, 6.45) is 2.36. The predicted molar refractivity (Wildman–Crippen MR) is 134 cm³/mol. The van der Waals surface area contributed by atoms with Crippen molar-refractivity contribution in [3.8, 4) is 5.75 Å². The Morgan fingerprint density at radius 3 is 2.43 bits per heavy atom. The second-order valence-electron chi connectivity index (χ2n) is 8.48. The van der Waals surface area contributed by atoms with Crippen molar-refractivity contribution in [3.63, 3.8) is 0 Å². The van der Waals surface area contributed by atoms with E-state index < -0.39 is 17.7 Å². The molecule has 35 heavy (non-hydrogen) atoms. The van der Waals surface area contributed by atoms with Crippen LogP contribution in [0.1, 0.15) is 23.6 Å². The lowest BCUT2D eigenvalue weighted by Crippen LogP contribution is -2.38. The van der Waals surface area contributed by atoms with Gasteiger partial charge in [-0.3, -0.25) is 14.5 Å². The van der Waals surface area contributed by atoms with Crippen molar-refractivity contribution in [2.75, 3.05) is 46.0 Å². The van der Waals surface area contributed by atoms with Gasteiger partial charge in [-0.2, -0.15) is 0 Å². The summed E-state index contributed by atoms with van der Waals surface area (Å²) in [5.41, 5.74) is 1.22. The largest absolute Gasteiger partial charge is 0.507 e. The highest BCUT2D eigenvalue weighted by Crippen LogP contribution is 2.40. The highest BCUT2D eigenvalue weighted by atomic mass is 35.5. The van der Waals surface area contributed by atoms with Crippen LogP contribution in [0.4, 0.5) is 0 Å². The topological polar surface area (TPSA) is 79.3 Å². The Morgan fingerprint density at radius 1 is 1.09 bits per heavy atom. The number of carbonyl (C=O) groups is 2. The first kappa shape index (κ1) is 25.0. The van der Waals surface area contributed by atoms with Crippen LogP contribution in [0.2, 0.25) is 5.02 Å². The average Bonchev–Trinajstić information content (AvgIpc) is 3.13. The molecular weight excluding hydrogens is 468 g/mol. The van der Waals surface area contributed by atoms with Crippen LogP contribution in [-0.2, 0) is 14.3 Å². The van der Waals surface area contributed by atoms with Gasteiger partial charge in [0.1, 0.15) is 18.1 Å². The molecule has 7 nitrogen and oxygen atoms in total. The number of morpholine rings is 1. The molecule has 0 radical (unpaired) electrons. The number of nitrogens with zero attached hydrogens (tertiary/aromatic N) is 2. The number of Topliss-reactive ketones (excluding diaryl/α,β-unsaturated/α-hetero) is 1. The number of benzene rings is 2. The fourth-order valence-corrected chi connectivity index (χ4v) is 4.54. The van der Waals surface area contributed by atoms with Crippen LogP contribution >= 0.6 is 11.6 Å². The number of ether oxygens (including phenoxy) is 2. The van der Waals surface area contributed by atoms with Crippen LogP contribution in [0.5, 0.6) is 5.75 Å². The van der Waals surface area contributed by atoms with Gasteiger partial charge in [-0.25, -0.2) is 0 Å². The second kappa shape index (κ2) is 11.5. The highest BCUT2D eigenvalue weighted by Gasteiger charge is 2.45. The number of hydrogen-bond acceptors (Lipinski definition) is 6. The molecule has 2 heterocycles. The third-order valence-corrected chi connectivity index (χ3v) is 6.45. The molecule has 0 spiro atoms. The second-order valence-corrected chi connectivity index (χ2v) is 8.91. The lowest BCUT2D eigenvalue weighted by Gasteiger charge is -2.29. The molecule has 2 aliphatic heterocycles. The molecule has 1 N–H and O–H groups in total. The highest BCUT2D eigenvalue weighted by molar-refractivity contribution is 6.46. The zero-order valence-electron chi connectivity index (χ0n) is 19.5. The van der Waals surface area contributed by atoms with Gasteiger partial charge in [0.2, 0.25) is 0 Å². The number of ketones is 1. The van der Waals surface area contributed by atoms with E-state index in [2.05, 4.69) is 11.5 Å². The van der Waals surface area contributed by atoms with Gasteiger partial charge in [0.05, 0.1) is 24.8 Å². The minimum absolute atomic E-state index is 0.0726. The molecule has 4 rings (SSSR count). The number of aliphatic hydroxyl groups is 1. The third kappa shape index (κ3) is 5.75. The molecule has 8 heteroatoms. The summed E-state index contributed by atoms with van der Waals surface area (Å²) in [7, 11) is 0. The Balaban J connectivity index is 1.65. The Bertz CT molecular complexity index is 1090. The monoisotopic (exact) mass is 496 g/mol. The molecule has 2 aromatic rings. The van der Waals surface area contributed by atoms with Crippen LogP contribution in [0.3, 0.4) is 0 Å².